The molecule has 0 saturated heterocycles. The van der Waals surface area contributed by atoms with E-state index in [1.165, 1.54) is 12.1 Å². The molecule has 0 aliphatic rings. The van der Waals surface area contributed by atoms with Crippen LogP contribution in [-0.2, 0) is 30.7 Å². The summed E-state index contributed by atoms with van der Waals surface area (Å²) in [5.41, 5.74) is 0.890. The average molecular weight is 304 g/mol. The topological polar surface area (TPSA) is 51.0 Å². The van der Waals surface area contributed by atoms with Crippen LogP contribution in [0, 0.1) is 5.82 Å². The van der Waals surface area contributed by atoms with Crippen LogP contribution < -0.4 is 0 Å². The number of halogens is 1. The summed E-state index contributed by atoms with van der Waals surface area (Å²) in [5, 5.41) is 4.35. The van der Waals surface area contributed by atoms with Gasteiger partial charge in [0.05, 0.1) is 0 Å². The lowest BCUT2D eigenvalue weighted by molar-refractivity contribution is -0.131. The summed E-state index contributed by atoms with van der Waals surface area (Å²) in [6, 6.07) is 6.16. The number of hydrogen-bond acceptors (Lipinski definition) is 3. The average Bonchev–Trinajstić information content (AvgIpc) is 2.91. The maximum Gasteiger partial charge on any atom is 0.244 e. The number of aromatic nitrogens is 3. The molecule has 0 spiro atoms. The summed E-state index contributed by atoms with van der Waals surface area (Å²) in [7, 11) is 1.73. The van der Waals surface area contributed by atoms with Gasteiger partial charge in [-0.2, -0.15) is 5.10 Å². The highest BCUT2D eigenvalue weighted by Crippen LogP contribution is 2.07. The number of likely N-dealkylation sites (N-methyl/N-ethyl adjacent to an activating group) is 1. The second-order valence-electron chi connectivity index (χ2n) is 5.19. The Morgan fingerprint density at radius 1 is 1.23 bits per heavy atom. The number of aryl methyl sites for hydroxylation is 2. The smallest absolute Gasteiger partial charge is 0.244 e. The summed E-state index contributed by atoms with van der Waals surface area (Å²) in [6.45, 7) is 4.60. The van der Waals surface area contributed by atoms with E-state index in [4.69, 9.17) is 0 Å². The molecule has 0 bridgehead atoms. The van der Waals surface area contributed by atoms with Crippen LogP contribution >= 0.6 is 0 Å². The first-order valence-electron chi connectivity index (χ1n) is 7.44. The normalized spacial score (nSPS) is 10.7. The number of nitrogens with zero attached hydrogens (tertiary/aromatic N) is 4. The Bertz CT molecular complexity index is 636. The number of benzene rings is 1. The Kier molecular flexibility index (Phi) is 5.25. The molecule has 2 aromatic rings. The third kappa shape index (κ3) is 3.90. The Labute approximate surface area is 129 Å². The van der Waals surface area contributed by atoms with Gasteiger partial charge in [0.25, 0.3) is 0 Å². The van der Waals surface area contributed by atoms with Crippen LogP contribution in [0.1, 0.15) is 31.1 Å². The SMILES string of the molecule is CCc1nc(CC)n(CC(=O)N(C)Cc2ccc(F)cc2)n1. The highest BCUT2D eigenvalue weighted by molar-refractivity contribution is 5.75. The van der Waals surface area contributed by atoms with E-state index in [9.17, 15) is 9.18 Å². The highest BCUT2D eigenvalue weighted by Gasteiger charge is 2.14. The van der Waals surface area contributed by atoms with Crippen molar-refractivity contribution in [2.75, 3.05) is 7.05 Å². The van der Waals surface area contributed by atoms with Crippen molar-refractivity contribution in [3.63, 3.8) is 0 Å². The van der Waals surface area contributed by atoms with Crippen LogP contribution in [0.15, 0.2) is 24.3 Å². The summed E-state index contributed by atoms with van der Waals surface area (Å²) in [4.78, 5) is 18.3. The predicted octanol–water partition coefficient (Wildman–Crippen LogP) is 2.20. The van der Waals surface area contributed by atoms with Gasteiger partial charge in [-0.3, -0.25) is 4.79 Å². The van der Waals surface area contributed by atoms with Crippen LogP contribution in [0.3, 0.4) is 0 Å². The van der Waals surface area contributed by atoms with Crippen molar-refractivity contribution in [2.45, 2.75) is 39.8 Å². The summed E-state index contributed by atoms with van der Waals surface area (Å²) in [6.07, 6.45) is 1.49. The Morgan fingerprint density at radius 2 is 1.91 bits per heavy atom. The molecule has 1 heterocycles. The fourth-order valence-electron chi connectivity index (χ4n) is 2.16. The van der Waals surface area contributed by atoms with Gasteiger partial charge in [-0.1, -0.05) is 26.0 Å². The minimum Gasteiger partial charge on any atom is -0.340 e. The zero-order valence-electron chi connectivity index (χ0n) is 13.2. The Morgan fingerprint density at radius 3 is 2.50 bits per heavy atom. The lowest BCUT2D eigenvalue weighted by Gasteiger charge is -2.17. The van der Waals surface area contributed by atoms with E-state index in [1.807, 2.05) is 13.8 Å². The van der Waals surface area contributed by atoms with E-state index < -0.39 is 0 Å². The minimum atomic E-state index is -0.278. The molecule has 0 unspecified atom stereocenters. The third-order valence-corrected chi connectivity index (χ3v) is 3.47. The summed E-state index contributed by atoms with van der Waals surface area (Å²) in [5.74, 6) is 1.25. The van der Waals surface area contributed by atoms with Crippen molar-refractivity contribution in [1.82, 2.24) is 19.7 Å². The van der Waals surface area contributed by atoms with Crippen LogP contribution in [0.2, 0.25) is 0 Å². The predicted molar refractivity (Wildman–Crippen MR) is 81.7 cm³/mol. The summed E-state index contributed by atoms with van der Waals surface area (Å²) >= 11 is 0. The van der Waals surface area contributed by atoms with E-state index in [2.05, 4.69) is 10.1 Å². The van der Waals surface area contributed by atoms with Gasteiger partial charge in [0.2, 0.25) is 5.91 Å². The maximum absolute atomic E-state index is 12.9. The van der Waals surface area contributed by atoms with Gasteiger partial charge < -0.3 is 4.90 Å². The first kappa shape index (κ1) is 16.1. The number of carbonyl (C=O) groups excluding carboxylic acids is 1. The Hall–Kier alpha value is -2.24. The number of rotatable bonds is 6. The van der Waals surface area contributed by atoms with Crippen molar-refractivity contribution in [1.29, 1.82) is 0 Å². The van der Waals surface area contributed by atoms with E-state index >= 15 is 0 Å². The first-order valence-corrected chi connectivity index (χ1v) is 7.44. The molecule has 6 heteroatoms. The molecule has 22 heavy (non-hydrogen) atoms. The van der Waals surface area contributed by atoms with Crippen LogP contribution in [0.25, 0.3) is 0 Å². The van der Waals surface area contributed by atoms with Crippen LogP contribution in [0.5, 0.6) is 0 Å². The van der Waals surface area contributed by atoms with Gasteiger partial charge in [0, 0.05) is 26.4 Å². The van der Waals surface area contributed by atoms with Crippen molar-refractivity contribution in [3.05, 3.63) is 47.3 Å². The van der Waals surface area contributed by atoms with E-state index in [1.54, 1.807) is 28.8 Å². The molecule has 0 fully saturated rings. The third-order valence-electron chi connectivity index (χ3n) is 3.47. The van der Waals surface area contributed by atoms with Crippen molar-refractivity contribution < 1.29 is 9.18 Å². The van der Waals surface area contributed by atoms with Gasteiger partial charge >= 0.3 is 0 Å². The molecule has 2 rings (SSSR count). The number of carbonyl (C=O) groups is 1. The number of amides is 1. The zero-order valence-corrected chi connectivity index (χ0v) is 13.2. The quantitative estimate of drug-likeness (QED) is 0.822. The largest absolute Gasteiger partial charge is 0.340 e. The zero-order chi connectivity index (χ0) is 16.1. The first-order chi connectivity index (χ1) is 10.5. The second-order valence-corrected chi connectivity index (χ2v) is 5.19. The molecule has 0 radical (unpaired) electrons. The lowest BCUT2D eigenvalue weighted by atomic mass is 10.2. The van der Waals surface area contributed by atoms with Gasteiger partial charge in [-0.15, -0.1) is 0 Å². The minimum absolute atomic E-state index is 0.0495. The van der Waals surface area contributed by atoms with Crippen molar-refractivity contribution in [2.24, 2.45) is 0 Å². The molecular formula is C16H21FN4O. The van der Waals surface area contributed by atoms with Gasteiger partial charge in [-0.05, 0) is 17.7 Å². The van der Waals surface area contributed by atoms with Crippen LogP contribution in [-0.4, -0.2) is 32.6 Å². The fourth-order valence-corrected chi connectivity index (χ4v) is 2.16. The number of hydrogen-bond donors (Lipinski definition) is 0. The molecule has 118 valence electrons. The molecule has 1 aromatic carbocycles. The van der Waals surface area contributed by atoms with E-state index in [-0.39, 0.29) is 18.3 Å². The molecule has 0 saturated carbocycles. The monoisotopic (exact) mass is 304 g/mol. The fraction of sp³-hybridized carbons (Fsp3) is 0.438. The van der Waals surface area contributed by atoms with Gasteiger partial charge in [0.15, 0.2) is 5.82 Å². The molecule has 0 N–H and O–H groups in total. The van der Waals surface area contributed by atoms with Crippen LogP contribution in [0.4, 0.5) is 4.39 Å². The standard InChI is InChI=1S/C16H21FN4O/c1-4-14-18-15(5-2)21(19-14)11-16(22)20(3)10-12-6-8-13(17)9-7-12/h6-9H,4-5,10-11H2,1-3H3. The van der Waals surface area contributed by atoms with E-state index in [0.29, 0.717) is 6.54 Å². The van der Waals surface area contributed by atoms with E-state index in [0.717, 1.165) is 30.1 Å². The molecule has 1 aromatic heterocycles. The molecule has 5 nitrogen and oxygen atoms in total. The molecular weight excluding hydrogens is 283 g/mol. The highest BCUT2D eigenvalue weighted by atomic mass is 19.1. The molecule has 1 amide bonds. The molecule has 0 aliphatic heterocycles. The summed E-state index contributed by atoms with van der Waals surface area (Å²) < 4.78 is 14.6. The molecule has 0 atom stereocenters. The second kappa shape index (κ2) is 7.15. The van der Waals surface area contributed by atoms with Gasteiger partial charge in [-0.25, -0.2) is 14.1 Å². The van der Waals surface area contributed by atoms with Crippen molar-refractivity contribution >= 4 is 5.91 Å². The maximum atomic E-state index is 12.9. The lowest BCUT2D eigenvalue weighted by Crippen LogP contribution is -2.30. The van der Waals surface area contributed by atoms with Crippen molar-refractivity contribution in [3.8, 4) is 0 Å². The molecule has 0 aliphatic carbocycles. The van der Waals surface area contributed by atoms with Gasteiger partial charge in [0.1, 0.15) is 18.2 Å². The Balaban J connectivity index is 2.01.